The van der Waals surface area contributed by atoms with Crippen LogP contribution in [0.2, 0.25) is 0 Å². The maximum atomic E-state index is 13.1. The van der Waals surface area contributed by atoms with E-state index in [1.165, 1.54) is 6.92 Å². The van der Waals surface area contributed by atoms with Crippen molar-refractivity contribution in [3.63, 3.8) is 0 Å². The fraction of sp³-hybridized carbons (Fsp3) is 0.462. The van der Waals surface area contributed by atoms with E-state index in [0.29, 0.717) is 31.2 Å². The zero-order valence-electron chi connectivity index (χ0n) is 19.7. The van der Waals surface area contributed by atoms with Crippen LogP contribution in [0.25, 0.3) is 0 Å². The molecule has 2 aromatic heterocycles. The normalized spacial score (nSPS) is 15.4. The molecular formula is C26H32N4O4. The summed E-state index contributed by atoms with van der Waals surface area (Å²) < 4.78 is 11.0. The van der Waals surface area contributed by atoms with Gasteiger partial charge in [-0.25, -0.2) is 0 Å². The van der Waals surface area contributed by atoms with Gasteiger partial charge < -0.3 is 19.2 Å². The number of carbonyl (C=O) groups excluding carboxylic acids is 2. The monoisotopic (exact) mass is 464 g/mol. The second-order valence-electron chi connectivity index (χ2n) is 9.00. The van der Waals surface area contributed by atoms with Crippen molar-refractivity contribution < 1.29 is 18.5 Å². The largest absolute Gasteiger partial charge is 0.467 e. The number of nitrogens with zero attached hydrogens (tertiary/aromatic N) is 3. The van der Waals surface area contributed by atoms with Crippen LogP contribution in [0, 0.1) is 0 Å². The van der Waals surface area contributed by atoms with Gasteiger partial charge >= 0.3 is 0 Å². The van der Waals surface area contributed by atoms with E-state index in [2.05, 4.69) is 15.5 Å². The Kier molecular flexibility index (Phi) is 7.77. The van der Waals surface area contributed by atoms with Gasteiger partial charge in [0, 0.05) is 26.3 Å². The number of furan rings is 1. The van der Waals surface area contributed by atoms with Crippen LogP contribution in [0.15, 0.2) is 57.7 Å². The highest BCUT2D eigenvalue weighted by molar-refractivity contribution is 5.76. The van der Waals surface area contributed by atoms with Crippen molar-refractivity contribution in [1.29, 1.82) is 0 Å². The average molecular weight is 465 g/mol. The Bertz CT molecular complexity index is 1050. The summed E-state index contributed by atoms with van der Waals surface area (Å²) in [5.41, 5.74) is 0.459. The average Bonchev–Trinajstić information content (AvgIpc) is 3.47. The molecule has 1 fully saturated rings. The number of rotatable bonds is 9. The maximum Gasteiger partial charge on any atom is 0.227 e. The molecule has 1 N–H and O–H groups in total. The number of amides is 2. The molecule has 1 saturated carbocycles. The van der Waals surface area contributed by atoms with E-state index >= 15 is 0 Å². The number of aryl methyl sites for hydroxylation is 1. The lowest BCUT2D eigenvalue weighted by Gasteiger charge is -2.30. The standard InChI is InChI=1S/C26H32N4O4/c1-20(31)28-26(15-7-2-3-8-16-26)25-27-23(34-29-25)13-14-24(32)30(19-22-12-9-17-33-22)18-21-10-5-4-6-11-21/h4-6,9-12,17H,2-3,7-8,13-16,18-19H2,1H3,(H,28,31). The molecule has 1 aliphatic rings. The minimum absolute atomic E-state index is 0.0222. The first-order valence-corrected chi connectivity index (χ1v) is 12.0. The predicted molar refractivity (Wildman–Crippen MR) is 125 cm³/mol. The van der Waals surface area contributed by atoms with Gasteiger partial charge in [0.05, 0.1) is 12.8 Å². The van der Waals surface area contributed by atoms with Crippen molar-refractivity contribution in [2.24, 2.45) is 0 Å². The summed E-state index contributed by atoms with van der Waals surface area (Å²) in [6.45, 7) is 2.40. The second kappa shape index (κ2) is 11.1. The van der Waals surface area contributed by atoms with Crippen molar-refractivity contribution in [2.75, 3.05) is 0 Å². The summed E-state index contributed by atoms with van der Waals surface area (Å²) in [6.07, 6.45) is 8.04. The quantitative estimate of drug-likeness (QED) is 0.468. The molecule has 3 aromatic rings. The summed E-state index contributed by atoms with van der Waals surface area (Å²) in [5.74, 6) is 1.54. The van der Waals surface area contributed by atoms with Gasteiger partial charge in [-0.15, -0.1) is 0 Å². The summed E-state index contributed by atoms with van der Waals surface area (Å²) in [7, 11) is 0. The molecule has 2 heterocycles. The Morgan fingerprint density at radius 2 is 1.79 bits per heavy atom. The van der Waals surface area contributed by atoms with Gasteiger partial charge in [0.2, 0.25) is 17.7 Å². The molecule has 8 heteroatoms. The number of hydrogen-bond donors (Lipinski definition) is 1. The highest BCUT2D eigenvalue weighted by Crippen LogP contribution is 2.34. The summed E-state index contributed by atoms with van der Waals surface area (Å²) >= 11 is 0. The Labute approximate surface area is 199 Å². The third-order valence-electron chi connectivity index (χ3n) is 6.32. The Hall–Kier alpha value is -3.42. The zero-order chi connectivity index (χ0) is 23.8. The minimum Gasteiger partial charge on any atom is -0.467 e. The molecule has 0 bridgehead atoms. The number of nitrogens with one attached hydrogen (secondary N) is 1. The smallest absolute Gasteiger partial charge is 0.227 e. The molecule has 8 nitrogen and oxygen atoms in total. The van der Waals surface area contributed by atoms with Crippen molar-refractivity contribution in [1.82, 2.24) is 20.4 Å². The molecule has 2 amide bonds. The van der Waals surface area contributed by atoms with Crippen LogP contribution in [0.4, 0.5) is 0 Å². The Balaban J connectivity index is 1.44. The molecule has 0 spiro atoms. The Morgan fingerprint density at radius 1 is 1.03 bits per heavy atom. The van der Waals surface area contributed by atoms with Gasteiger partial charge in [-0.05, 0) is 30.5 Å². The molecule has 1 aliphatic carbocycles. The fourth-order valence-electron chi connectivity index (χ4n) is 4.62. The van der Waals surface area contributed by atoms with Crippen molar-refractivity contribution >= 4 is 11.8 Å². The van der Waals surface area contributed by atoms with Crippen LogP contribution in [-0.4, -0.2) is 26.9 Å². The summed E-state index contributed by atoms with van der Waals surface area (Å²) in [5, 5.41) is 7.31. The molecule has 0 atom stereocenters. The van der Waals surface area contributed by atoms with E-state index < -0.39 is 5.54 Å². The SMILES string of the molecule is CC(=O)NC1(c2noc(CCC(=O)N(Cc3ccccc3)Cc3ccco3)n2)CCCCCC1. The van der Waals surface area contributed by atoms with Crippen LogP contribution >= 0.6 is 0 Å². The van der Waals surface area contributed by atoms with Gasteiger partial charge in [-0.2, -0.15) is 4.98 Å². The first kappa shape index (κ1) is 23.7. The van der Waals surface area contributed by atoms with Crippen LogP contribution in [0.3, 0.4) is 0 Å². The summed E-state index contributed by atoms with van der Waals surface area (Å²) in [4.78, 5) is 31.5. The topological polar surface area (TPSA) is 101 Å². The fourth-order valence-corrected chi connectivity index (χ4v) is 4.62. The first-order chi connectivity index (χ1) is 16.5. The van der Waals surface area contributed by atoms with Crippen molar-refractivity contribution in [3.8, 4) is 0 Å². The molecule has 0 saturated heterocycles. The number of aromatic nitrogens is 2. The van der Waals surface area contributed by atoms with Crippen LogP contribution < -0.4 is 5.32 Å². The Morgan fingerprint density at radius 3 is 2.47 bits per heavy atom. The predicted octanol–water partition coefficient (Wildman–Crippen LogP) is 4.51. The van der Waals surface area contributed by atoms with Gasteiger partial charge in [0.25, 0.3) is 0 Å². The van der Waals surface area contributed by atoms with E-state index in [4.69, 9.17) is 8.94 Å². The third-order valence-corrected chi connectivity index (χ3v) is 6.32. The first-order valence-electron chi connectivity index (χ1n) is 12.0. The maximum absolute atomic E-state index is 13.1. The number of benzene rings is 1. The molecular weight excluding hydrogens is 432 g/mol. The third kappa shape index (κ3) is 6.12. The molecule has 4 rings (SSSR count). The lowest BCUT2D eigenvalue weighted by molar-refractivity contribution is -0.132. The zero-order valence-corrected chi connectivity index (χ0v) is 19.7. The van der Waals surface area contributed by atoms with Crippen molar-refractivity contribution in [3.05, 3.63) is 71.8 Å². The van der Waals surface area contributed by atoms with Crippen LogP contribution in [0.5, 0.6) is 0 Å². The van der Waals surface area contributed by atoms with Crippen LogP contribution in [0.1, 0.15) is 74.9 Å². The van der Waals surface area contributed by atoms with E-state index in [9.17, 15) is 9.59 Å². The van der Waals surface area contributed by atoms with E-state index in [0.717, 1.165) is 49.8 Å². The van der Waals surface area contributed by atoms with E-state index in [1.54, 1.807) is 11.2 Å². The lowest BCUT2D eigenvalue weighted by Crippen LogP contribution is -2.45. The molecule has 1 aromatic carbocycles. The van der Waals surface area contributed by atoms with Gasteiger partial charge in [-0.1, -0.05) is 61.2 Å². The van der Waals surface area contributed by atoms with Crippen LogP contribution in [-0.2, 0) is 34.6 Å². The van der Waals surface area contributed by atoms with Gasteiger partial charge in [-0.3, -0.25) is 9.59 Å². The van der Waals surface area contributed by atoms with Gasteiger partial charge in [0.15, 0.2) is 5.82 Å². The van der Waals surface area contributed by atoms with Gasteiger partial charge in [0.1, 0.15) is 11.3 Å². The number of hydrogen-bond acceptors (Lipinski definition) is 6. The number of carbonyl (C=O) groups is 2. The molecule has 180 valence electrons. The second-order valence-corrected chi connectivity index (χ2v) is 9.00. The highest BCUT2D eigenvalue weighted by atomic mass is 16.5. The van der Waals surface area contributed by atoms with E-state index in [1.807, 2.05) is 42.5 Å². The minimum atomic E-state index is -0.591. The highest BCUT2D eigenvalue weighted by Gasteiger charge is 2.38. The molecule has 0 aliphatic heterocycles. The van der Waals surface area contributed by atoms with Crippen molar-refractivity contribution in [2.45, 2.75) is 76.9 Å². The molecule has 0 unspecified atom stereocenters. The lowest BCUT2D eigenvalue weighted by atomic mass is 9.89. The summed E-state index contributed by atoms with van der Waals surface area (Å²) in [6, 6.07) is 13.6. The van der Waals surface area contributed by atoms with E-state index in [-0.39, 0.29) is 18.2 Å². The molecule has 34 heavy (non-hydrogen) atoms. The molecule has 0 radical (unpaired) electrons.